The summed E-state index contributed by atoms with van der Waals surface area (Å²) in [4.78, 5) is 51.8. The highest BCUT2D eigenvalue weighted by molar-refractivity contribution is 6.37. The van der Waals surface area contributed by atoms with Crippen LogP contribution in [0.25, 0.3) is 0 Å². The molecule has 0 aromatic rings. The number of likely N-dealkylation sites (tertiary alicyclic amines) is 1. The molecule has 164 valence electrons. The normalized spacial score (nSPS) is 29.5. The molecule has 2 unspecified atom stereocenters. The Morgan fingerprint density at radius 1 is 1.07 bits per heavy atom. The van der Waals surface area contributed by atoms with Crippen molar-refractivity contribution in [2.75, 3.05) is 20.1 Å². The molecule has 1 aliphatic heterocycles. The van der Waals surface area contributed by atoms with E-state index in [0.29, 0.717) is 36.1 Å². The average Bonchev–Trinajstić information content (AvgIpc) is 3.61. The summed E-state index contributed by atoms with van der Waals surface area (Å²) in [5.74, 6) is -1.80. The van der Waals surface area contributed by atoms with Gasteiger partial charge in [-0.3, -0.25) is 19.2 Å². The van der Waals surface area contributed by atoms with Gasteiger partial charge in [-0.2, -0.15) is 0 Å². The summed E-state index contributed by atoms with van der Waals surface area (Å²) in [5, 5.41) is 5.72. The van der Waals surface area contributed by atoms with E-state index in [1.165, 1.54) is 25.7 Å². The molecule has 4 saturated carbocycles. The minimum absolute atomic E-state index is 0.0720. The zero-order valence-electron chi connectivity index (χ0n) is 17.7. The van der Waals surface area contributed by atoms with Crippen LogP contribution in [0.2, 0.25) is 0 Å². The number of amides is 3. The summed E-state index contributed by atoms with van der Waals surface area (Å²) in [5.41, 5.74) is 6.01. The van der Waals surface area contributed by atoms with Gasteiger partial charge in [-0.15, -0.1) is 0 Å². The van der Waals surface area contributed by atoms with Crippen LogP contribution in [-0.2, 0) is 19.2 Å². The molecule has 0 bridgehead atoms. The Balaban J connectivity index is 1.35. The van der Waals surface area contributed by atoms with Crippen LogP contribution >= 0.6 is 0 Å². The van der Waals surface area contributed by atoms with Crippen molar-refractivity contribution in [3.63, 3.8) is 0 Å². The van der Waals surface area contributed by atoms with Gasteiger partial charge in [-0.25, -0.2) is 0 Å². The summed E-state index contributed by atoms with van der Waals surface area (Å²) in [7, 11) is 1.72. The Bertz CT molecular complexity index is 794. The third kappa shape index (κ3) is 2.55. The number of nitrogens with one attached hydrogen (secondary N) is 2. The fraction of sp³-hybridized carbons (Fsp3) is 0.818. The number of hydrogen-bond donors (Lipinski definition) is 3. The highest BCUT2D eigenvalue weighted by atomic mass is 16.2. The Kier molecular flexibility index (Phi) is 4.34. The number of hydrogen-bond acceptors (Lipinski definition) is 5. The Hall–Kier alpha value is -1.96. The number of Topliss-reactive ketones (excluding diaryl/α,β-unsaturated/α-hetero) is 1. The van der Waals surface area contributed by atoms with Gasteiger partial charge in [0.15, 0.2) is 0 Å². The van der Waals surface area contributed by atoms with Crippen molar-refractivity contribution in [3.05, 3.63) is 0 Å². The Morgan fingerprint density at radius 2 is 1.70 bits per heavy atom. The van der Waals surface area contributed by atoms with E-state index in [9.17, 15) is 19.2 Å². The molecule has 5 aliphatic rings. The molecule has 1 saturated heterocycles. The van der Waals surface area contributed by atoms with Gasteiger partial charge >= 0.3 is 0 Å². The lowest BCUT2D eigenvalue weighted by molar-refractivity contribution is -0.141. The summed E-state index contributed by atoms with van der Waals surface area (Å²) in [6, 6.07) is -1.46. The molecule has 30 heavy (non-hydrogen) atoms. The maximum absolute atomic E-state index is 13.3. The first kappa shape index (κ1) is 20.0. The van der Waals surface area contributed by atoms with Gasteiger partial charge in [0.25, 0.3) is 5.91 Å². The second-order valence-electron chi connectivity index (χ2n) is 10.3. The molecule has 3 spiro atoms. The Morgan fingerprint density at radius 3 is 2.17 bits per heavy atom. The number of nitrogens with zero attached hydrogens (tertiary/aromatic N) is 1. The number of nitrogens with two attached hydrogens (primary N) is 1. The lowest BCUT2D eigenvalue weighted by atomic mass is 9.80. The van der Waals surface area contributed by atoms with E-state index in [1.54, 1.807) is 11.9 Å². The minimum Gasteiger partial charge on any atom is -0.363 e. The quantitative estimate of drug-likeness (QED) is 0.485. The van der Waals surface area contributed by atoms with Crippen LogP contribution in [-0.4, -0.2) is 60.6 Å². The van der Waals surface area contributed by atoms with Crippen molar-refractivity contribution in [1.82, 2.24) is 15.5 Å². The predicted octanol–water partition coefficient (Wildman–Crippen LogP) is 0.0965. The molecule has 0 aromatic carbocycles. The fourth-order valence-electron chi connectivity index (χ4n) is 7.26. The number of rotatable bonds is 8. The van der Waals surface area contributed by atoms with E-state index in [2.05, 4.69) is 10.6 Å². The van der Waals surface area contributed by atoms with E-state index in [4.69, 9.17) is 5.73 Å². The fourth-order valence-corrected chi connectivity index (χ4v) is 7.26. The van der Waals surface area contributed by atoms with E-state index in [1.807, 2.05) is 0 Å². The van der Waals surface area contributed by atoms with Crippen LogP contribution in [0.3, 0.4) is 0 Å². The smallest absolute Gasteiger partial charge is 0.287 e. The van der Waals surface area contributed by atoms with Crippen molar-refractivity contribution < 1.29 is 19.2 Å². The number of carbonyl (C=O) groups is 4. The number of likely N-dealkylation sites (N-methyl/N-ethyl adjacent to an activating group) is 1. The van der Waals surface area contributed by atoms with Gasteiger partial charge in [0, 0.05) is 12.0 Å². The second-order valence-corrected chi connectivity index (χ2v) is 10.3. The largest absolute Gasteiger partial charge is 0.363 e. The molecule has 2 atom stereocenters. The zero-order chi connectivity index (χ0) is 21.3. The first-order valence-corrected chi connectivity index (χ1v) is 11.4. The van der Waals surface area contributed by atoms with Gasteiger partial charge in [-0.1, -0.05) is 19.3 Å². The minimum atomic E-state index is -1.01. The topological polar surface area (TPSA) is 122 Å². The van der Waals surface area contributed by atoms with E-state index < -0.39 is 23.8 Å². The van der Waals surface area contributed by atoms with Crippen molar-refractivity contribution in [2.45, 2.75) is 69.9 Å². The summed E-state index contributed by atoms with van der Waals surface area (Å²) in [6.07, 6.45) is 9.07. The number of ketones is 1. The number of primary amides is 1. The summed E-state index contributed by atoms with van der Waals surface area (Å²) < 4.78 is 0. The van der Waals surface area contributed by atoms with Gasteiger partial charge < -0.3 is 21.3 Å². The maximum Gasteiger partial charge on any atom is 0.287 e. The van der Waals surface area contributed by atoms with Crippen LogP contribution in [0.15, 0.2) is 0 Å². The van der Waals surface area contributed by atoms with Crippen LogP contribution in [0.1, 0.15) is 57.8 Å². The van der Waals surface area contributed by atoms with Crippen molar-refractivity contribution in [3.8, 4) is 0 Å². The summed E-state index contributed by atoms with van der Waals surface area (Å²) in [6.45, 7) is 0.828. The molecular weight excluding hydrogens is 384 g/mol. The number of fused-ring (bicyclic) bond motifs is 3. The highest BCUT2D eigenvalue weighted by Gasteiger charge is 2.96. The molecular formula is C22H32N4O4. The van der Waals surface area contributed by atoms with Crippen molar-refractivity contribution in [2.24, 2.45) is 27.9 Å². The molecule has 3 amide bonds. The van der Waals surface area contributed by atoms with Crippen LogP contribution in [0, 0.1) is 22.2 Å². The van der Waals surface area contributed by atoms with Gasteiger partial charge in [0.1, 0.15) is 6.04 Å². The highest BCUT2D eigenvalue weighted by Crippen LogP contribution is 3.00. The standard InChI is InChI=1S/C22H32N4O4/c1-24-11-16(27)26-12-22(20(5-6-20)21(22)7-8-21)10-15(26)19(30)25-14(17(28)18(23)29)9-13-3-2-4-13/h13-15,24H,2-12H2,1H3,(H2,23,29)(H,25,30). The predicted molar refractivity (Wildman–Crippen MR) is 108 cm³/mol. The molecule has 4 aliphatic carbocycles. The maximum atomic E-state index is 13.3. The second kappa shape index (κ2) is 6.52. The third-order valence-electron chi connectivity index (χ3n) is 9.16. The monoisotopic (exact) mass is 416 g/mol. The average molecular weight is 417 g/mol. The molecule has 1 heterocycles. The van der Waals surface area contributed by atoms with Gasteiger partial charge in [0.2, 0.25) is 17.6 Å². The van der Waals surface area contributed by atoms with Gasteiger partial charge in [0.05, 0.1) is 12.6 Å². The molecule has 8 nitrogen and oxygen atoms in total. The SMILES string of the molecule is CNCC(=O)N1CC2(CC1C(=O)NC(CC1CCC1)C(=O)C(N)=O)C1(CC1)C21CC1. The first-order valence-electron chi connectivity index (χ1n) is 11.4. The molecule has 4 N–H and O–H groups in total. The van der Waals surface area contributed by atoms with Crippen molar-refractivity contribution in [1.29, 1.82) is 0 Å². The molecule has 0 radical (unpaired) electrons. The van der Waals surface area contributed by atoms with Crippen LogP contribution in [0.4, 0.5) is 0 Å². The number of carbonyl (C=O) groups excluding carboxylic acids is 4. The van der Waals surface area contributed by atoms with E-state index >= 15 is 0 Å². The molecule has 5 fully saturated rings. The summed E-state index contributed by atoms with van der Waals surface area (Å²) >= 11 is 0. The first-order chi connectivity index (χ1) is 14.3. The zero-order valence-corrected chi connectivity index (χ0v) is 17.7. The Labute approximate surface area is 176 Å². The molecule has 5 rings (SSSR count). The van der Waals surface area contributed by atoms with E-state index in [0.717, 1.165) is 19.3 Å². The van der Waals surface area contributed by atoms with Gasteiger partial charge in [-0.05, 0) is 62.3 Å². The van der Waals surface area contributed by atoms with Crippen LogP contribution < -0.4 is 16.4 Å². The lowest BCUT2D eigenvalue weighted by Gasteiger charge is -2.30. The third-order valence-corrected chi connectivity index (χ3v) is 9.16. The van der Waals surface area contributed by atoms with Crippen LogP contribution in [0.5, 0.6) is 0 Å². The van der Waals surface area contributed by atoms with E-state index in [-0.39, 0.29) is 23.8 Å². The lowest BCUT2D eigenvalue weighted by Crippen LogP contribution is -2.54. The molecule has 8 heteroatoms. The molecule has 0 aromatic heterocycles. The van der Waals surface area contributed by atoms with Crippen molar-refractivity contribution >= 4 is 23.5 Å².